The van der Waals surface area contributed by atoms with Crippen LogP contribution in [0.1, 0.15) is 48.3 Å². The predicted octanol–water partition coefficient (Wildman–Crippen LogP) is 5.17. The van der Waals surface area contributed by atoms with Crippen molar-refractivity contribution in [3.8, 4) is 11.5 Å². The van der Waals surface area contributed by atoms with Gasteiger partial charge in [-0.1, -0.05) is 24.3 Å². The maximum absolute atomic E-state index is 13.8. The second-order valence-corrected chi connectivity index (χ2v) is 10.1. The van der Waals surface area contributed by atoms with E-state index < -0.39 is 6.04 Å². The van der Waals surface area contributed by atoms with Gasteiger partial charge in [0.05, 0.1) is 12.7 Å². The second-order valence-electron chi connectivity index (χ2n) is 10.1. The first kappa shape index (κ1) is 29.2. The van der Waals surface area contributed by atoms with Crippen LogP contribution in [0.3, 0.4) is 0 Å². The van der Waals surface area contributed by atoms with Crippen LogP contribution in [0.5, 0.6) is 11.5 Å². The highest BCUT2D eigenvalue weighted by atomic mass is 16.5. The Morgan fingerprint density at radius 1 is 1.00 bits per heavy atom. The van der Waals surface area contributed by atoms with E-state index in [9.17, 15) is 9.59 Å². The molecule has 0 saturated heterocycles. The number of carbonyl (C=O) groups excluding carboxylic acids is 2. The lowest BCUT2D eigenvalue weighted by atomic mass is 10.0. The molecular formula is C32H37N5O4. The number of fused-ring (bicyclic) bond motifs is 1. The molecular weight excluding hydrogens is 518 g/mol. The first-order chi connectivity index (χ1) is 19.7. The standard InChI is InChI=1S/C32H37N5O4/c1-6-40-28-18-22(11-14-27(28)41-20(2)3)29(36-24-12-13-25-21(17-24)15-16-34-30(25)33)31(38)35-19-23-9-7-8-10-26(23)32(39)37(4)5/h7-18,20,29,36H,6,19H2,1-5H3,(H2,33,34)(H,35,38). The van der Waals surface area contributed by atoms with Gasteiger partial charge in [0.25, 0.3) is 5.91 Å². The number of amides is 2. The van der Waals surface area contributed by atoms with Crippen LogP contribution in [0.25, 0.3) is 10.8 Å². The summed E-state index contributed by atoms with van der Waals surface area (Å²) in [6, 6.07) is 19.5. The summed E-state index contributed by atoms with van der Waals surface area (Å²) in [5, 5.41) is 8.13. The van der Waals surface area contributed by atoms with Crippen LogP contribution < -0.4 is 25.8 Å². The molecule has 1 unspecified atom stereocenters. The van der Waals surface area contributed by atoms with Crippen molar-refractivity contribution in [3.05, 3.63) is 89.6 Å². The first-order valence-corrected chi connectivity index (χ1v) is 13.6. The van der Waals surface area contributed by atoms with Crippen molar-refractivity contribution in [3.63, 3.8) is 0 Å². The minimum atomic E-state index is -0.782. The summed E-state index contributed by atoms with van der Waals surface area (Å²) in [5.41, 5.74) is 8.72. The highest BCUT2D eigenvalue weighted by Gasteiger charge is 2.24. The zero-order valence-corrected chi connectivity index (χ0v) is 24.1. The highest BCUT2D eigenvalue weighted by molar-refractivity contribution is 5.96. The molecule has 0 aliphatic heterocycles. The third kappa shape index (κ3) is 7.05. The smallest absolute Gasteiger partial charge is 0.253 e. The Bertz CT molecular complexity index is 1540. The number of hydrogen-bond acceptors (Lipinski definition) is 7. The number of nitrogen functional groups attached to an aromatic ring is 1. The Labute approximate surface area is 240 Å². The van der Waals surface area contributed by atoms with E-state index in [1.165, 1.54) is 4.90 Å². The molecule has 9 nitrogen and oxygen atoms in total. The zero-order chi connectivity index (χ0) is 29.5. The molecule has 4 N–H and O–H groups in total. The van der Waals surface area contributed by atoms with Crippen LogP contribution in [0.2, 0.25) is 0 Å². The number of pyridine rings is 1. The molecule has 4 rings (SSSR count). The van der Waals surface area contributed by atoms with E-state index in [-0.39, 0.29) is 24.5 Å². The van der Waals surface area contributed by atoms with Gasteiger partial charge in [-0.3, -0.25) is 9.59 Å². The summed E-state index contributed by atoms with van der Waals surface area (Å²) in [7, 11) is 3.40. The van der Waals surface area contributed by atoms with E-state index in [1.54, 1.807) is 26.4 Å². The second kappa shape index (κ2) is 13.0. The number of anilines is 2. The normalized spacial score (nSPS) is 11.7. The topological polar surface area (TPSA) is 119 Å². The fourth-order valence-electron chi connectivity index (χ4n) is 4.49. The number of rotatable bonds is 11. The number of aromatic nitrogens is 1. The Kier molecular flexibility index (Phi) is 9.29. The van der Waals surface area contributed by atoms with Crippen LogP contribution >= 0.6 is 0 Å². The first-order valence-electron chi connectivity index (χ1n) is 13.6. The predicted molar refractivity (Wildman–Crippen MR) is 162 cm³/mol. The molecule has 41 heavy (non-hydrogen) atoms. The molecule has 0 aliphatic carbocycles. The Morgan fingerprint density at radius 2 is 1.78 bits per heavy atom. The highest BCUT2D eigenvalue weighted by Crippen LogP contribution is 2.33. The molecule has 0 spiro atoms. The minimum absolute atomic E-state index is 0.0400. The molecule has 9 heteroatoms. The number of carbonyl (C=O) groups is 2. The van der Waals surface area contributed by atoms with Gasteiger partial charge in [0.1, 0.15) is 11.9 Å². The van der Waals surface area contributed by atoms with Crippen LogP contribution in [-0.2, 0) is 11.3 Å². The third-order valence-corrected chi connectivity index (χ3v) is 6.44. The maximum Gasteiger partial charge on any atom is 0.253 e. The third-order valence-electron chi connectivity index (χ3n) is 6.44. The van der Waals surface area contributed by atoms with Gasteiger partial charge in [0, 0.05) is 43.5 Å². The van der Waals surface area contributed by atoms with Crippen molar-refractivity contribution >= 4 is 34.1 Å². The quantitative estimate of drug-likeness (QED) is 0.234. The van der Waals surface area contributed by atoms with Gasteiger partial charge < -0.3 is 30.7 Å². The van der Waals surface area contributed by atoms with E-state index in [1.807, 2.05) is 81.4 Å². The molecule has 1 atom stereocenters. The van der Waals surface area contributed by atoms with Crippen molar-refractivity contribution < 1.29 is 19.1 Å². The lowest BCUT2D eigenvalue weighted by Gasteiger charge is -2.23. The summed E-state index contributed by atoms with van der Waals surface area (Å²) in [6.07, 6.45) is 1.61. The lowest BCUT2D eigenvalue weighted by molar-refractivity contribution is -0.122. The lowest BCUT2D eigenvalue weighted by Crippen LogP contribution is -2.34. The van der Waals surface area contributed by atoms with Crippen LogP contribution in [0.4, 0.5) is 11.5 Å². The zero-order valence-electron chi connectivity index (χ0n) is 24.1. The van der Waals surface area contributed by atoms with Crippen LogP contribution in [0, 0.1) is 0 Å². The van der Waals surface area contributed by atoms with Crippen molar-refractivity contribution in [1.82, 2.24) is 15.2 Å². The summed E-state index contributed by atoms with van der Waals surface area (Å²) < 4.78 is 11.8. The molecule has 0 fully saturated rings. The molecule has 0 radical (unpaired) electrons. The van der Waals surface area contributed by atoms with E-state index in [2.05, 4.69) is 15.6 Å². The molecule has 1 aromatic heterocycles. The van der Waals surface area contributed by atoms with Gasteiger partial charge in [-0.2, -0.15) is 0 Å². The fraction of sp³-hybridized carbons (Fsp3) is 0.281. The van der Waals surface area contributed by atoms with Crippen molar-refractivity contribution in [2.24, 2.45) is 0 Å². The van der Waals surface area contributed by atoms with Gasteiger partial charge in [0.2, 0.25) is 5.91 Å². The van der Waals surface area contributed by atoms with Gasteiger partial charge in [-0.15, -0.1) is 0 Å². The van der Waals surface area contributed by atoms with Crippen molar-refractivity contribution in [1.29, 1.82) is 0 Å². The molecule has 0 aliphatic rings. The van der Waals surface area contributed by atoms with Crippen LogP contribution in [-0.4, -0.2) is 48.5 Å². The van der Waals surface area contributed by atoms with Gasteiger partial charge in [0.15, 0.2) is 11.5 Å². The van der Waals surface area contributed by atoms with E-state index in [0.29, 0.717) is 35.1 Å². The number of nitrogens with two attached hydrogens (primary N) is 1. The molecule has 0 saturated carbocycles. The van der Waals surface area contributed by atoms with Crippen molar-refractivity contribution in [2.75, 3.05) is 31.8 Å². The minimum Gasteiger partial charge on any atom is -0.490 e. The summed E-state index contributed by atoms with van der Waals surface area (Å²) in [6.45, 7) is 6.42. The molecule has 2 amide bonds. The van der Waals surface area contributed by atoms with E-state index in [4.69, 9.17) is 15.2 Å². The monoisotopic (exact) mass is 555 g/mol. The average Bonchev–Trinajstić information content (AvgIpc) is 2.95. The largest absolute Gasteiger partial charge is 0.490 e. The number of nitrogens with zero attached hydrogens (tertiary/aromatic N) is 2. The maximum atomic E-state index is 13.8. The number of hydrogen-bond donors (Lipinski definition) is 3. The van der Waals surface area contributed by atoms with Gasteiger partial charge in [-0.05, 0) is 79.7 Å². The Balaban J connectivity index is 1.68. The number of benzene rings is 3. The Morgan fingerprint density at radius 3 is 2.51 bits per heavy atom. The Hall–Kier alpha value is -4.79. The van der Waals surface area contributed by atoms with Crippen molar-refractivity contribution in [2.45, 2.75) is 39.5 Å². The molecule has 214 valence electrons. The van der Waals surface area contributed by atoms with E-state index >= 15 is 0 Å². The van der Waals surface area contributed by atoms with Crippen LogP contribution in [0.15, 0.2) is 72.9 Å². The molecule has 4 aromatic rings. The van der Waals surface area contributed by atoms with E-state index in [0.717, 1.165) is 22.0 Å². The summed E-state index contributed by atoms with van der Waals surface area (Å²) in [4.78, 5) is 32.2. The molecule has 3 aromatic carbocycles. The molecule has 0 bridgehead atoms. The number of nitrogens with one attached hydrogen (secondary N) is 2. The molecule has 1 heterocycles. The fourth-order valence-corrected chi connectivity index (χ4v) is 4.49. The summed E-state index contributed by atoms with van der Waals surface area (Å²) in [5.74, 6) is 1.20. The SMILES string of the molecule is CCOc1cc(C(Nc2ccc3c(N)nccc3c2)C(=O)NCc2ccccc2C(=O)N(C)C)ccc1OC(C)C. The van der Waals surface area contributed by atoms with Gasteiger partial charge in [-0.25, -0.2) is 4.98 Å². The van der Waals surface area contributed by atoms with Gasteiger partial charge >= 0.3 is 0 Å². The summed E-state index contributed by atoms with van der Waals surface area (Å²) >= 11 is 0. The number of ether oxygens (including phenoxy) is 2. The average molecular weight is 556 g/mol.